The normalized spacial score (nSPS) is 15.1. The summed E-state index contributed by atoms with van der Waals surface area (Å²) >= 11 is 0. The van der Waals surface area contributed by atoms with Crippen molar-refractivity contribution in [3.63, 3.8) is 0 Å². The van der Waals surface area contributed by atoms with Gasteiger partial charge in [0, 0.05) is 0 Å². The van der Waals surface area contributed by atoms with Gasteiger partial charge in [-0.15, -0.1) is 0 Å². The van der Waals surface area contributed by atoms with E-state index in [-0.39, 0.29) is 19.7 Å². The molecule has 0 saturated heterocycles. The number of benzene rings is 1. The Bertz CT molecular complexity index is 502. The van der Waals surface area contributed by atoms with Crippen LogP contribution in [0.1, 0.15) is 12.0 Å². The van der Waals surface area contributed by atoms with Crippen molar-refractivity contribution in [3.8, 4) is 11.5 Å². The third-order valence-corrected chi connectivity index (χ3v) is 2.98. The number of ether oxygens (including phenoxy) is 2. The number of hydrogen-bond acceptors (Lipinski definition) is 3. The largest absolute Gasteiger partial charge is 0.496 e. The minimum Gasteiger partial charge on any atom is -0.496 e. The van der Waals surface area contributed by atoms with Crippen molar-refractivity contribution in [2.75, 3.05) is 20.3 Å². The molecule has 0 saturated carbocycles. The van der Waals surface area contributed by atoms with E-state index >= 15 is 0 Å². The van der Waals surface area contributed by atoms with Crippen LogP contribution in [0.4, 0.5) is 13.2 Å². The van der Waals surface area contributed by atoms with Crippen molar-refractivity contribution in [3.05, 3.63) is 23.8 Å². The highest BCUT2D eigenvalue weighted by Crippen LogP contribution is 2.32. The van der Waals surface area contributed by atoms with E-state index in [2.05, 4.69) is 0 Å². The lowest BCUT2D eigenvalue weighted by atomic mass is 10.1. The van der Waals surface area contributed by atoms with E-state index in [9.17, 15) is 18.0 Å². The molecule has 1 heterocycles. The Labute approximate surface area is 114 Å². The lowest BCUT2D eigenvalue weighted by Crippen LogP contribution is -2.35. The standard InChI is InChI=1S/C13H14F3NO3/c1-19-10-3-2-4-11-9(10)8-17(5-6-20-11)12(18)7-13(14,15)16/h2-4H,5-8H2,1H3. The zero-order chi connectivity index (χ0) is 14.8. The first-order valence-electron chi connectivity index (χ1n) is 6.04. The highest BCUT2D eigenvalue weighted by molar-refractivity contribution is 5.77. The van der Waals surface area contributed by atoms with Crippen molar-refractivity contribution in [1.82, 2.24) is 4.90 Å². The van der Waals surface area contributed by atoms with E-state index in [4.69, 9.17) is 9.47 Å². The molecule has 0 spiro atoms. The summed E-state index contributed by atoms with van der Waals surface area (Å²) in [6, 6.07) is 5.11. The summed E-state index contributed by atoms with van der Waals surface area (Å²) in [5, 5.41) is 0. The van der Waals surface area contributed by atoms with Crippen LogP contribution in [-0.2, 0) is 11.3 Å². The molecule has 1 amide bonds. The van der Waals surface area contributed by atoms with E-state index in [0.717, 1.165) is 4.90 Å². The Morgan fingerprint density at radius 1 is 1.45 bits per heavy atom. The SMILES string of the molecule is COc1cccc2c1CN(C(=O)CC(F)(F)F)CCO2. The van der Waals surface area contributed by atoms with Crippen LogP contribution in [0.5, 0.6) is 11.5 Å². The quantitative estimate of drug-likeness (QED) is 0.839. The highest BCUT2D eigenvalue weighted by Gasteiger charge is 2.34. The first-order chi connectivity index (χ1) is 9.40. The number of carbonyl (C=O) groups is 1. The molecule has 110 valence electrons. The average Bonchev–Trinajstić information content (AvgIpc) is 2.58. The number of nitrogens with zero attached hydrogens (tertiary/aromatic N) is 1. The fourth-order valence-electron chi connectivity index (χ4n) is 2.06. The number of carbonyl (C=O) groups excluding carboxylic acids is 1. The Balaban J connectivity index is 2.21. The summed E-state index contributed by atoms with van der Waals surface area (Å²) < 4.78 is 47.5. The third kappa shape index (κ3) is 3.34. The maximum atomic E-state index is 12.3. The minimum atomic E-state index is -4.51. The van der Waals surface area contributed by atoms with Gasteiger partial charge in [-0.25, -0.2) is 0 Å². The van der Waals surface area contributed by atoms with Gasteiger partial charge in [-0.3, -0.25) is 4.79 Å². The first-order valence-corrected chi connectivity index (χ1v) is 6.04. The average molecular weight is 289 g/mol. The summed E-state index contributed by atoms with van der Waals surface area (Å²) in [4.78, 5) is 12.8. The monoisotopic (exact) mass is 289 g/mol. The first kappa shape index (κ1) is 14.5. The van der Waals surface area contributed by atoms with Crippen LogP contribution in [0.2, 0.25) is 0 Å². The maximum absolute atomic E-state index is 12.3. The van der Waals surface area contributed by atoms with Crippen molar-refractivity contribution in [1.29, 1.82) is 0 Å². The number of rotatable bonds is 2. The van der Waals surface area contributed by atoms with Gasteiger partial charge in [0.2, 0.25) is 5.91 Å². The summed E-state index contributed by atoms with van der Waals surface area (Å²) in [5.41, 5.74) is 0.586. The van der Waals surface area contributed by atoms with E-state index in [1.54, 1.807) is 18.2 Å². The van der Waals surface area contributed by atoms with Crippen molar-refractivity contribution in [2.45, 2.75) is 19.1 Å². The zero-order valence-corrected chi connectivity index (χ0v) is 10.9. The van der Waals surface area contributed by atoms with Gasteiger partial charge in [-0.1, -0.05) is 6.07 Å². The molecule has 1 aliphatic heterocycles. The van der Waals surface area contributed by atoms with Crippen LogP contribution in [0.3, 0.4) is 0 Å². The summed E-state index contributed by atoms with van der Waals surface area (Å²) in [6.07, 6.45) is -5.97. The number of hydrogen-bond donors (Lipinski definition) is 0. The Hall–Kier alpha value is -1.92. The molecule has 1 aromatic rings. The van der Waals surface area contributed by atoms with Gasteiger partial charge in [0.25, 0.3) is 0 Å². The maximum Gasteiger partial charge on any atom is 0.397 e. The molecule has 7 heteroatoms. The van der Waals surface area contributed by atoms with Crippen LogP contribution >= 0.6 is 0 Å². The third-order valence-electron chi connectivity index (χ3n) is 2.98. The van der Waals surface area contributed by atoms with Crippen LogP contribution in [0.15, 0.2) is 18.2 Å². The molecule has 0 aromatic heterocycles. The second-order valence-electron chi connectivity index (χ2n) is 4.39. The molecule has 1 aliphatic rings. The number of halogens is 3. The molecule has 0 radical (unpaired) electrons. The molecule has 1 aromatic carbocycles. The molecule has 0 N–H and O–H groups in total. The molecule has 0 atom stereocenters. The van der Waals surface area contributed by atoms with Gasteiger partial charge in [0.1, 0.15) is 24.5 Å². The number of amides is 1. The van der Waals surface area contributed by atoms with Crippen molar-refractivity contribution < 1.29 is 27.4 Å². The van der Waals surface area contributed by atoms with E-state index < -0.39 is 18.5 Å². The summed E-state index contributed by atoms with van der Waals surface area (Å²) in [7, 11) is 1.46. The van der Waals surface area contributed by atoms with E-state index in [1.807, 2.05) is 0 Å². The van der Waals surface area contributed by atoms with E-state index in [0.29, 0.717) is 17.1 Å². The molecule has 20 heavy (non-hydrogen) atoms. The molecule has 0 unspecified atom stereocenters. The van der Waals surface area contributed by atoms with Crippen LogP contribution in [0, 0.1) is 0 Å². The van der Waals surface area contributed by atoms with Gasteiger partial charge in [0.15, 0.2) is 0 Å². The number of alkyl halides is 3. The molecular weight excluding hydrogens is 275 g/mol. The van der Waals surface area contributed by atoms with Gasteiger partial charge < -0.3 is 14.4 Å². The second kappa shape index (κ2) is 5.60. The number of fused-ring (bicyclic) bond motifs is 1. The van der Waals surface area contributed by atoms with Gasteiger partial charge in [0.05, 0.1) is 25.8 Å². The second-order valence-corrected chi connectivity index (χ2v) is 4.39. The minimum absolute atomic E-state index is 0.0499. The Morgan fingerprint density at radius 2 is 2.20 bits per heavy atom. The summed E-state index contributed by atoms with van der Waals surface area (Å²) in [6.45, 7) is 0.324. The van der Waals surface area contributed by atoms with Crippen molar-refractivity contribution in [2.24, 2.45) is 0 Å². The zero-order valence-electron chi connectivity index (χ0n) is 10.9. The molecule has 0 fully saturated rings. The Kier molecular flexibility index (Phi) is 4.06. The van der Waals surface area contributed by atoms with Gasteiger partial charge in [-0.05, 0) is 12.1 Å². The van der Waals surface area contributed by atoms with Gasteiger partial charge in [-0.2, -0.15) is 13.2 Å². The van der Waals surface area contributed by atoms with E-state index in [1.165, 1.54) is 7.11 Å². The smallest absolute Gasteiger partial charge is 0.397 e. The molecule has 0 aliphatic carbocycles. The van der Waals surface area contributed by atoms with Crippen LogP contribution < -0.4 is 9.47 Å². The molecule has 2 rings (SSSR count). The fourth-order valence-corrected chi connectivity index (χ4v) is 2.06. The van der Waals surface area contributed by atoms with Crippen molar-refractivity contribution >= 4 is 5.91 Å². The predicted octanol–water partition coefficient (Wildman–Crippen LogP) is 2.37. The Morgan fingerprint density at radius 3 is 2.85 bits per heavy atom. The lowest BCUT2D eigenvalue weighted by molar-refractivity contribution is -0.161. The number of methoxy groups -OCH3 is 1. The highest BCUT2D eigenvalue weighted by atomic mass is 19.4. The topological polar surface area (TPSA) is 38.8 Å². The van der Waals surface area contributed by atoms with Crippen LogP contribution in [0.25, 0.3) is 0 Å². The molecule has 4 nitrogen and oxygen atoms in total. The molecule has 0 bridgehead atoms. The van der Waals surface area contributed by atoms with Gasteiger partial charge >= 0.3 is 6.18 Å². The molecular formula is C13H14F3NO3. The summed E-state index contributed by atoms with van der Waals surface area (Å²) in [5.74, 6) is 0.0701. The lowest BCUT2D eigenvalue weighted by Gasteiger charge is -2.21. The predicted molar refractivity (Wildman–Crippen MR) is 64.6 cm³/mol. The fraction of sp³-hybridized carbons (Fsp3) is 0.462. The van der Waals surface area contributed by atoms with Crippen LogP contribution in [-0.4, -0.2) is 37.2 Å².